The molecule has 0 spiro atoms. The highest BCUT2D eigenvalue weighted by atomic mass is 15.0. The van der Waals surface area contributed by atoms with E-state index in [9.17, 15) is 0 Å². The van der Waals surface area contributed by atoms with Crippen LogP contribution in [-0.2, 0) is 12.8 Å². The van der Waals surface area contributed by atoms with Gasteiger partial charge in [0.25, 0.3) is 0 Å². The maximum Gasteiger partial charge on any atom is 0.0992 e. The fourth-order valence-corrected chi connectivity index (χ4v) is 3.38. The van der Waals surface area contributed by atoms with Crippen molar-refractivity contribution in [1.29, 1.82) is 0 Å². The molecule has 0 bridgehead atoms. The first kappa shape index (κ1) is 11.5. The first-order chi connectivity index (χ1) is 9.74. The lowest BCUT2D eigenvalue weighted by Gasteiger charge is -2.15. The summed E-state index contributed by atoms with van der Waals surface area (Å²) >= 11 is 0. The number of nitrogens with two attached hydrogens (primary N) is 1. The van der Waals surface area contributed by atoms with Gasteiger partial charge in [-0.05, 0) is 48.9 Å². The molecule has 0 aliphatic heterocycles. The molecule has 2 N–H and O–H groups in total. The van der Waals surface area contributed by atoms with Crippen molar-refractivity contribution in [2.24, 2.45) is 0 Å². The third-order valence-corrected chi connectivity index (χ3v) is 4.34. The normalized spacial score (nSPS) is 13.8. The SMILES string of the molecule is Cc1cc2c(c(N)c1-c1ccc3cncn3c1)CCC2. The number of benzene rings is 1. The van der Waals surface area contributed by atoms with Crippen molar-refractivity contribution >= 4 is 11.2 Å². The number of aryl methyl sites for hydroxylation is 2. The minimum Gasteiger partial charge on any atom is -0.398 e. The van der Waals surface area contributed by atoms with Gasteiger partial charge in [-0.2, -0.15) is 0 Å². The second kappa shape index (κ2) is 4.10. The summed E-state index contributed by atoms with van der Waals surface area (Å²) in [6.07, 6.45) is 9.31. The van der Waals surface area contributed by atoms with Crippen LogP contribution in [0.1, 0.15) is 23.1 Å². The topological polar surface area (TPSA) is 43.3 Å². The first-order valence-electron chi connectivity index (χ1n) is 7.07. The Bertz CT molecular complexity index is 814. The van der Waals surface area contributed by atoms with Gasteiger partial charge in [-0.15, -0.1) is 0 Å². The van der Waals surface area contributed by atoms with E-state index in [1.54, 1.807) is 0 Å². The van der Waals surface area contributed by atoms with Gasteiger partial charge < -0.3 is 10.1 Å². The number of imidazole rings is 1. The van der Waals surface area contributed by atoms with Crippen molar-refractivity contribution in [2.75, 3.05) is 5.73 Å². The van der Waals surface area contributed by atoms with Gasteiger partial charge in [0.1, 0.15) is 0 Å². The molecule has 0 saturated heterocycles. The first-order valence-corrected chi connectivity index (χ1v) is 7.07. The average molecular weight is 263 g/mol. The number of fused-ring (bicyclic) bond motifs is 2. The molecule has 100 valence electrons. The van der Waals surface area contributed by atoms with Crippen LogP contribution in [0.3, 0.4) is 0 Å². The summed E-state index contributed by atoms with van der Waals surface area (Å²) in [6.45, 7) is 2.16. The van der Waals surface area contributed by atoms with Crippen LogP contribution in [0.5, 0.6) is 0 Å². The maximum atomic E-state index is 6.46. The van der Waals surface area contributed by atoms with Crippen LogP contribution in [-0.4, -0.2) is 9.38 Å². The molecule has 3 nitrogen and oxygen atoms in total. The van der Waals surface area contributed by atoms with Crippen LogP contribution < -0.4 is 5.73 Å². The fraction of sp³-hybridized carbons (Fsp3) is 0.235. The number of hydrogen-bond donors (Lipinski definition) is 1. The fourth-order valence-electron chi connectivity index (χ4n) is 3.38. The molecule has 3 aromatic rings. The molecule has 0 saturated carbocycles. The number of rotatable bonds is 1. The summed E-state index contributed by atoms with van der Waals surface area (Å²) in [5.74, 6) is 0. The highest BCUT2D eigenvalue weighted by Gasteiger charge is 2.19. The Hall–Kier alpha value is -2.29. The summed E-state index contributed by atoms with van der Waals surface area (Å²) in [7, 11) is 0. The van der Waals surface area contributed by atoms with E-state index in [-0.39, 0.29) is 0 Å². The summed E-state index contributed by atoms with van der Waals surface area (Å²) in [5.41, 5.74) is 14.9. The lowest BCUT2D eigenvalue weighted by molar-refractivity contribution is 0.912. The van der Waals surface area contributed by atoms with Crippen LogP contribution in [0, 0.1) is 6.92 Å². The number of hydrogen-bond acceptors (Lipinski definition) is 2. The van der Waals surface area contributed by atoms with E-state index in [4.69, 9.17) is 5.73 Å². The Morgan fingerprint density at radius 3 is 3.05 bits per heavy atom. The zero-order valence-corrected chi connectivity index (χ0v) is 11.6. The van der Waals surface area contributed by atoms with Gasteiger partial charge in [-0.1, -0.05) is 12.1 Å². The molecule has 4 rings (SSSR count). The zero-order chi connectivity index (χ0) is 13.7. The van der Waals surface area contributed by atoms with Crippen molar-refractivity contribution in [3.63, 3.8) is 0 Å². The molecule has 2 heterocycles. The molecule has 0 radical (unpaired) electrons. The molecule has 1 aromatic carbocycles. The predicted molar refractivity (Wildman–Crippen MR) is 81.8 cm³/mol. The van der Waals surface area contributed by atoms with Gasteiger partial charge in [0, 0.05) is 23.0 Å². The summed E-state index contributed by atoms with van der Waals surface area (Å²) < 4.78 is 2.04. The molecule has 3 heteroatoms. The van der Waals surface area contributed by atoms with E-state index in [0.29, 0.717) is 0 Å². The lowest BCUT2D eigenvalue weighted by atomic mass is 9.94. The second-order valence-corrected chi connectivity index (χ2v) is 5.62. The number of pyridine rings is 1. The summed E-state index contributed by atoms with van der Waals surface area (Å²) in [5, 5.41) is 0. The van der Waals surface area contributed by atoms with Crippen molar-refractivity contribution in [2.45, 2.75) is 26.2 Å². The highest BCUT2D eigenvalue weighted by Crippen LogP contribution is 2.38. The van der Waals surface area contributed by atoms with E-state index in [1.165, 1.54) is 40.7 Å². The lowest BCUT2D eigenvalue weighted by Crippen LogP contribution is -2.00. The van der Waals surface area contributed by atoms with Gasteiger partial charge in [0.2, 0.25) is 0 Å². The molecule has 2 aromatic heterocycles. The van der Waals surface area contributed by atoms with E-state index >= 15 is 0 Å². The van der Waals surface area contributed by atoms with Gasteiger partial charge >= 0.3 is 0 Å². The number of nitrogens with zero attached hydrogens (tertiary/aromatic N) is 2. The standard InChI is InChI=1S/C17H17N3/c1-11-7-12-3-2-4-15(12)17(18)16(11)13-5-6-14-8-19-10-20(14)9-13/h5-10H,2-4,18H2,1H3. The molecular formula is C17H17N3. The predicted octanol–water partition coefficient (Wildman–Crippen LogP) is 3.38. The number of aromatic nitrogens is 2. The van der Waals surface area contributed by atoms with Crippen molar-refractivity contribution in [1.82, 2.24) is 9.38 Å². The molecule has 20 heavy (non-hydrogen) atoms. The third-order valence-electron chi connectivity index (χ3n) is 4.34. The van der Waals surface area contributed by atoms with Crippen LogP contribution in [0.2, 0.25) is 0 Å². The molecular weight excluding hydrogens is 246 g/mol. The summed E-state index contributed by atoms with van der Waals surface area (Å²) in [6, 6.07) is 6.54. The molecule has 0 atom stereocenters. The smallest absolute Gasteiger partial charge is 0.0992 e. The second-order valence-electron chi connectivity index (χ2n) is 5.62. The van der Waals surface area contributed by atoms with Gasteiger partial charge in [-0.3, -0.25) is 0 Å². The van der Waals surface area contributed by atoms with Crippen molar-refractivity contribution in [3.05, 3.63) is 53.6 Å². The Morgan fingerprint density at radius 1 is 1.25 bits per heavy atom. The molecule has 1 aliphatic rings. The highest BCUT2D eigenvalue weighted by molar-refractivity contribution is 5.83. The monoisotopic (exact) mass is 263 g/mol. The zero-order valence-electron chi connectivity index (χ0n) is 11.6. The summed E-state index contributed by atoms with van der Waals surface area (Å²) in [4.78, 5) is 4.17. The van der Waals surface area contributed by atoms with Gasteiger partial charge in [0.15, 0.2) is 0 Å². The Morgan fingerprint density at radius 2 is 2.15 bits per heavy atom. The van der Waals surface area contributed by atoms with Crippen LogP contribution in [0.15, 0.2) is 36.9 Å². The molecule has 0 amide bonds. The molecule has 0 unspecified atom stereocenters. The van der Waals surface area contributed by atoms with Gasteiger partial charge in [0.05, 0.1) is 18.0 Å². The quantitative estimate of drug-likeness (QED) is 0.684. The third kappa shape index (κ3) is 1.56. The number of nitrogen functional groups attached to an aromatic ring is 1. The van der Waals surface area contributed by atoms with E-state index in [1.807, 2.05) is 16.9 Å². The van der Waals surface area contributed by atoms with E-state index < -0.39 is 0 Å². The molecule has 0 fully saturated rings. The van der Waals surface area contributed by atoms with Crippen LogP contribution in [0.4, 0.5) is 5.69 Å². The van der Waals surface area contributed by atoms with Crippen molar-refractivity contribution < 1.29 is 0 Å². The van der Waals surface area contributed by atoms with E-state index in [0.717, 1.165) is 17.6 Å². The minimum absolute atomic E-state index is 0.969. The number of anilines is 1. The van der Waals surface area contributed by atoms with Crippen molar-refractivity contribution in [3.8, 4) is 11.1 Å². The Balaban J connectivity index is 1.97. The maximum absolute atomic E-state index is 6.46. The van der Waals surface area contributed by atoms with E-state index in [2.05, 4.69) is 36.3 Å². The van der Waals surface area contributed by atoms with Crippen LogP contribution in [0.25, 0.3) is 16.6 Å². The average Bonchev–Trinajstić information content (AvgIpc) is 3.06. The Kier molecular flexibility index (Phi) is 2.36. The minimum atomic E-state index is 0.969. The van der Waals surface area contributed by atoms with Crippen LogP contribution >= 0.6 is 0 Å². The van der Waals surface area contributed by atoms with Gasteiger partial charge in [-0.25, -0.2) is 4.98 Å². The molecule has 1 aliphatic carbocycles. The largest absolute Gasteiger partial charge is 0.398 e. The Labute approximate surface area is 118 Å².